The van der Waals surface area contributed by atoms with Crippen molar-refractivity contribution in [2.24, 2.45) is 0 Å². The van der Waals surface area contributed by atoms with Crippen molar-refractivity contribution in [2.75, 3.05) is 34.0 Å². The van der Waals surface area contributed by atoms with Crippen molar-refractivity contribution in [3.05, 3.63) is 35.9 Å². The molecule has 0 aromatic heterocycles. The van der Waals surface area contributed by atoms with Crippen LogP contribution in [0.3, 0.4) is 0 Å². The Labute approximate surface area is 130 Å². The van der Waals surface area contributed by atoms with Gasteiger partial charge in [0.25, 0.3) is 0 Å². The minimum absolute atomic E-state index is 0.131. The van der Waals surface area contributed by atoms with Crippen molar-refractivity contribution in [2.45, 2.75) is 13.0 Å². The molecule has 0 atom stereocenters. The number of methoxy groups -OCH3 is 2. The molecule has 0 spiro atoms. The Hall–Kier alpha value is -2.12. The van der Waals surface area contributed by atoms with Gasteiger partial charge in [0.15, 0.2) is 0 Å². The molecule has 1 aromatic carbocycles. The normalized spacial score (nSPS) is 9.36. The van der Waals surface area contributed by atoms with E-state index >= 15 is 0 Å². The molecule has 7 nitrogen and oxygen atoms in total. The Morgan fingerprint density at radius 3 is 2.18 bits per heavy atom. The highest BCUT2D eigenvalue weighted by Gasteiger charge is 2.04. The highest BCUT2D eigenvalue weighted by Crippen LogP contribution is 2.00. The van der Waals surface area contributed by atoms with Crippen LogP contribution in [0.1, 0.15) is 12.0 Å². The number of hydrogen-bond acceptors (Lipinski definition) is 5. The highest BCUT2D eigenvalue weighted by molar-refractivity contribution is 5.76. The maximum absolute atomic E-state index is 10.9. The number of carboxylic acids is 1. The number of aliphatic carboxylic acids is 1. The van der Waals surface area contributed by atoms with E-state index in [0.29, 0.717) is 0 Å². The van der Waals surface area contributed by atoms with E-state index in [-0.39, 0.29) is 6.61 Å². The Balaban J connectivity index is 0.000000534. The summed E-state index contributed by atoms with van der Waals surface area (Å²) >= 11 is 0. The number of rotatable bonds is 8. The third kappa shape index (κ3) is 12.9. The number of carbonyl (C=O) groups excluding carboxylic acids is 1. The average Bonchev–Trinajstić information content (AvgIpc) is 2.53. The number of benzene rings is 1. The number of nitrogens with one attached hydrogen (secondary N) is 1. The number of ether oxygens (including phenoxy) is 3. The predicted molar refractivity (Wildman–Crippen MR) is 80.6 cm³/mol. The van der Waals surface area contributed by atoms with Crippen LogP contribution in [-0.4, -0.2) is 51.1 Å². The van der Waals surface area contributed by atoms with Gasteiger partial charge in [-0.05, 0) is 12.0 Å². The van der Waals surface area contributed by atoms with Gasteiger partial charge in [0.2, 0.25) is 0 Å². The van der Waals surface area contributed by atoms with Crippen molar-refractivity contribution < 1.29 is 28.9 Å². The molecule has 0 heterocycles. The largest absolute Gasteiger partial charge is 0.480 e. The molecule has 0 saturated heterocycles. The van der Waals surface area contributed by atoms with Gasteiger partial charge < -0.3 is 24.6 Å². The van der Waals surface area contributed by atoms with Crippen molar-refractivity contribution in [3.63, 3.8) is 0 Å². The number of hydrogen-bond donors (Lipinski definition) is 2. The fourth-order valence-electron chi connectivity index (χ4n) is 1.27. The van der Waals surface area contributed by atoms with Crippen LogP contribution in [0.4, 0.5) is 4.79 Å². The molecule has 0 bridgehead atoms. The molecule has 0 unspecified atom stereocenters. The number of alkyl carbamates (subject to hydrolysis) is 1. The van der Waals surface area contributed by atoms with Gasteiger partial charge in [0.05, 0.1) is 0 Å². The van der Waals surface area contributed by atoms with Gasteiger partial charge in [-0.25, -0.2) is 4.79 Å². The smallest absolute Gasteiger partial charge is 0.407 e. The first kappa shape index (κ1) is 19.9. The summed E-state index contributed by atoms with van der Waals surface area (Å²) in [6, 6.07) is 9.13. The zero-order valence-corrected chi connectivity index (χ0v) is 12.9. The van der Waals surface area contributed by atoms with Crippen molar-refractivity contribution >= 4 is 12.1 Å². The lowest BCUT2D eigenvalue weighted by atomic mass is 10.2. The first-order valence-electron chi connectivity index (χ1n) is 6.74. The first-order valence-corrected chi connectivity index (χ1v) is 6.74. The summed E-state index contributed by atoms with van der Waals surface area (Å²) in [4.78, 5) is 21.0. The van der Waals surface area contributed by atoms with Gasteiger partial charge in [0.1, 0.15) is 13.2 Å². The third-order valence-corrected chi connectivity index (χ3v) is 2.29. The molecule has 1 amide bonds. The fourth-order valence-corrected chi connectivity index (χ4v) is 1.27. The molecule has 0 aliphatic rings. The van der Waals surface area contributed by atoms with Crippen LogP contribution in [0, 0.1) is 0 Å². The van der Waals surface area contributed by atoms with Gasteiger partial charge >= 0.3 is 12.1 Å². The van der Waals surface area contributed by atoms with E-state index in [9.17, 15) is 9.59 Å². The predicted octanol–water partition coefficient (Wildman–Crippen LogP) is 1.67. The summed E-state index contributed by atoms with van der Waals surface area (Å²) in [7, 11) is 3.38. The summed E-state index contributed by atoms with van der Waals surface area (Å²) in [5, 5.41) is 10.4. The van der Waals surface area contributed by atoms with Crippen LogP contribution >= 0.6 is 0 Å². The SMILES string of the molecule is COCCCOC.O=C(O)CNC(=O)OCc1ccccc1. The Morgan fingerprint density at radius 2 is 1.68 bits per heavy atom. The molecule has 1 rings (SSSR count). The van der Waals surface area contributed by atoms with E-state index in [1.165, 1.54) is 0 Å². The van der Waals surface area contributed by atoms with Crippen LogP contribution in [-0.2, 0) is 25.6 Å². The minimum Gasteiger partial charge on any atom is -0.480 e. The number of amides is 1. The lowest BCUT2D eigenvalue weighted by molar-refractivity contribution is -0.135. The van der Waals surface area contributed by atoms with Gasteiger partial charge in [0, 0.05) is 27.4 Å². The minimum atomic E-state index is -1.10. The zero-order valence-electron chi connectivity index (χ0n) is 12.9. The van der Waals surface area contributed by atoms with E-state index in [1.54, 1.807) is 14.2 Å². The van der Waals surface area contributed by atoms with E-state index < -0.39 is 18.6 Å². The lowest BCUT2D eigenvalue weighted by Gasteiger charge is -2.04. The van der Waals surface area contributed by atoms with Gasteiger partial charge in [-0.1, -0.05) is 30.3 Å². The van der Waals surface area contributed by atoms with Crippen LogP contribution < -0.4 is 5.32 Å². The summed E-state index contributed by atoms with van der Waals surface area (Å²) in [6.45, 7) is 1.29. The Kier molecular flexibility index (Phi) is 12.5. The molecule has 2 N–H and O–H groups in total. The second kappa shape index (κ2) is 13.8. The van der Waals surface area contributed by atoms with E-state index in [1.807, 2.05) is 30.3 Å². The second-order valence-electron chi connectivity index (χ2n) is 4.15. The van der Waals surface area contributed by atoms with E-state index in [2.05, 4.69) is 5.32 Å². The molecule has 1 aromatic rings. The van der Waals surface area contributed by atoms with Gasteiger partial charge in [-0.3, -0.25) is 4.79 Å². The fraction of sp³-hybridized carbons (Fsp3) is 0.467. The molecule has 0 aliphatic carbocycles. The molecule has 7 heteroatoms. The molecular formula is C15H23NO6. The molecular weight excluding hydrogens is 290 g/mol. The summed E-state index contributed by atoms with van der Waals surface area (Å²) in [5.74, 6) is -1.10. The number of carbonyl (C=O) groups is 2. The second-order valence-corrected chi connectivity index (χ2v) is 4.15. The van der Waals surface area contributed by atoms with Crippen LogP contribution in [0.2, 0.25) is 0 Å². The maximum atomic E-state index is 10.9. The van der Waals surface area contributed by atoms with Gasteiger partial charge in [-0.2, -0.15) is 0 Å². The van der Waals surface area contributed by atoms with Crippen molar-refractivity contribution in [1.82, 2.24) is 5.32 Å². The van der Waals surface area contributed by atoms with Crippen LogP contribution in [0.25, 0.3) is 0 Å². The third-order valence-electron chi connectivity index (χ3n) is 2.29. The molecule has 22 heavy (non-hydrogen) atoms. The van der Waals surface area contributed by atoms with E-state index in [4.69, 9.17) is 19.3 Å². The van der Waals surface area contributed by atoms with E-state index in [0.717, 1.165) is 25.2 Å². The molecule has 0 fully saturated rings. The quantitative estimate of drug-likeness (QED) is 0.709. The summed E-state index contributed by atoms with van der Waals surface area (Å²) in [5.41, 5.74) is 0.850. The lowest BCUT2D eigenvalue weighted by Crippen LogP contribution is -2.29. The Bertz CT molecular complexity index is 406. The topological polar surface area (TPSA) is 94.1 Å². The van der Waals surface area contributed by atoms with Crippen LogP contribution in [0.5, 0.6) is 0 Å². The Morgan fingerprint density at radius 1 is 1.09 bits per heavy atom. The zero-order chi connectivity index (χ0) is 16.6. The standard InChI is InChI=1S/C10H11NO4.C5H12O2/c12-9(13)6-11-10(14)15-7-8-4-2-1-3-5-8;1-6-4-3-5-7-2/h1-5H,6-7H2,(H,11,14)(H,12,13);3-5H2,1-2H3. The summed E-state index contributed by atoms with van der Waals surface area (Å²) in [6.07, 6.45) is 0.258. The highest BCUT2D eigenvalue weighted by atomic mass is 16.5. The number of carboxylic acid groups (broad SMARTS) is 1. The summed E-state index contributed by atoms with van der Waals surface area (Å²) < 4.78 is 14.3. The molecule has 0 radical (unpaired) electrons. The van der Waals surface area contributed by atoms with Crippen LogP contribution in [0.15, 0.2) is 30.3 Å². The van der Waals surface area contributed by atoms with Gasteiger partial charge in [-0.15, -0.1) is 0 Å². The van der Waals surface area contributed by atoms with Crippen molar-refractivity contribution in [3.8, 4) is 0 Å². The molecule has 0 saturated carbocycles. The first-order chi connectivity index (χ1) is 10.6. The molecule has 124 valence electrons. The monoisotopic (exact) mass is 313 g/mol. The maximum Gasteiger partial charge on any atom is 0.407 e. The average molecular weight is 313 g/mol. The van der Waals surface area contributed by atoms with Crippen molar-refractivity contribution in [1.29, 1.82) is 0 Å². The molecule has 0 aliphatic heterocycles.